The Balaban J connectivity index is 1.26. The van der Waals surface area contributed by atoms with Crippen molar-refractivity contribution in [3.05, 3.63) is 141 Å². The van der Waals surface area contributed by atoms with E-state index in [0.717, 1.165) is 84.7 Å². The van der Waals surface area contributed by atoms with Crippen LogP contribution in [0.15, 0.2) is 84.9 Å². The number of rotatable bonds is 4. The second-order valence-electron chi connectivity index (χ2n) is 10.6. The van der Waals surface area contributed by atoms with Gasteiger partial charge in [-0.05, 0) is 108 Å². The van der Waals surface area contributed by atoms with Gasteiger partial charge in [-0.25, -0.2) is 0 Å². The monoisotopic (exact) mass is 484 g/mol. The van der Waals surface area contributed by atoms with Crippen LogP contribution in [0.4, 0.5) is 0 Å². The molecule has 8 bridgehead atoms. The molecule has 0 N–H and O–H groups in total. The zero-order valence-corrected chi connectivity index (χ0v) is 21.3. The molecule has 2 nitrogen and oxygen atoms in total. The lowest BCUT2D eigenvalue weighted by Gasteiger charge is -2.15. The molecule has 0 unspecified atom stereocenters. The van der Waals surface area contributed by atoms with Gasteiger partial charge in [-0.3, -0.25) is 9.59 Å². The third kappa shape index (κ3) is 5.34. The summed E-state index contributed by atoms with van der Waals surface area (Å²) < 4.78 is 0. The Morgan fingerprint density at radius 3 is 1.08 bits per heavy atom. The minimum atomic E-state index is -0.0750. The molecular formula is C35H32O2. The summed E-state index contributed by atoms with van der Waals surface area (Å²) in [6, 6.07) is 30.3. The van der Waals surface area contributed by atoms with Crippen molar-refractivity contribution in [2.45, 2.75) is 57.8 Å². The van der Waals surface area contributed by atoms with Crippen LogP contribution in [0.5, 0.6) is 0 Å². The van der Waals surface area contributed by atoms with E-state index in [9.17, 15) is 9.59 Å². The van der Waals surface area contributed by atoms with Gasteiger partial charge in [-0.1, -0.05) is 72.8 Å². The van der Waals surface area contributed by atoms with Gasteiger partial charge >= 0.3 is 0 Å². The molecule has 0 radical (unpaired) electrons. The summed E-state index contributed by atoms with van der Waals surface area (Å²) in [6.45, 7) is 0. The molecule has 12 rings (SSSR count). The first-order valence-electron chi connectivity index (χ1n) is 13.6. The zero-order chi connectivity index (χ0) is 25.2. The zero-order valence-electron chi connectivity index (χ0n) is 21.3. The molecule has 0 amide bonds. The number of Topliss-reactive ketones (excluding diaryl/α,β-unsaturated/α-hetero) is 2. The molecule has 0 aliphatic heterocycles. The van der Waals surface area contributed by atoms with Crippen LogP contribution in [0.25, 0.3) is 0 Å². The third-order valence-corrected chi connectivity index (χ3v) is 8.09. The number of benzene rings is 4. The summed E-state index contributed by atoms with van der Waals surface area (Å²) in [4.78, 5) is 27.2. The van der Waals surface area contributed by atoms with E-state index in [1.807, 2.05) is 12.1 Å². The number of hydrogen-bond acceptors (Lipinski definition) is 2. The van der Waals surface area contributed by atoms with Gasteiger partial charge in [0.1, 0.15) is 0 Å². The molecule has 0 aromatic heterocycles. The van der Waals surface area contributed by atoms with Crippen LogP contribution in [0.2, 0.25) is 0 Å². The van der Waals surface area contributed by atoms with Gasteiger partial charge in [-0.15, -0.1) is 0 Å². The average Bonchev–Trinajstić information content (AvgIpc) is 2.91. The molecule has 0 fully saturated rings. The van der Waals surface area contributed by atoms with Crippen LogP contribution in [-0.4, -0.2) is 11.6 Å². The number of ketones is 2. The molecule has 184 valence electrons. The average molecular weight is 485 g/mol. The number of carbonyl (C=O) groups excluding carboxylic acids is 2. The van der Waals surface area contributed by atoms with Crippen LogP contribution in [-0.2, 0) is 51.4 Å². The molecule has 0 heterocycles. The summed E-state index contributed by atoms with van der Waals surface area (Å²) in [5.74, 6) is -0.111. The predicted octanol–water partition coefficient (Wildman–Crippen LogP) is 6.91. The van der Waals surface area contributed by atoms with Gasteiger partial charge in [-0.2, -0.15) is 0 Å². The van der Waals surface area contributed by atoms with Crippen molar-refractivity contribution >= 4 is 11.6 Å². The van der Waals surface area contributed by atoms with Crippen LogP contribution in [0, 0.1) is 0 Å². The largest absolute Gasteiger partial charge is 0.294 e. The highest BCUT2D eigenvalue weighted by molar-refractivity contribution is 6.14. The minimum absolute atomic E-state index is 0.0554. The van der Waals surface area contributed by atoms with Crippen LogP contribution in [0.3, 0.4) is 0 Å². The van der Waals surface area contributed by atoms with Crippen molar-refractivity contribution in [1.82, 2.24) is 0 Å². The van der Waals surface area contributed by atoms with Crippen LogP contribution >= 0.6 is 0 Å². The second kappa shape index (κ2) is 10.3. The normalized spacial score (nSPS) is 14.5. The summed E-state index contributed by atoms with van der Waals surface area (Å²) in [5.41, 5.74) is 11.1. The van der Waals surface area contributed by atoms with E-state index in [4.69, 9.17) is 0 Å². The summed E-state index contributed by atoms with van der Waals surface area (Å²) in [5, 5.41) is 0. The topological polar surface area (TPSA) is 34.1 Å². The molecule has 0 saturated carbocycles. The molecule has 37 heavy (non-hydrogen) atoms. The summed E-state index contributed by atoms with van der Waals surface area (Å²) in [7, 11) is 0. The molecule has 8 aliphatic carbocycles. The molecular weight excluding hydrogens is 452 g/mol. The minimum Gasteiger partial charge on any atom is -0.294 e. The van der Waals surface area contributed by atoms with Gasteiger partial charge in [0.25, 0.3) is 0 Å². The van der Waals surface area contributed by atoms with Gasteiger partial charge in [0.15, 0.2) is 11.6 Å². The Hall–Kier alpha value is -3.78. The van der Waals surface area contributed by atoms with Crippen molar-refractivity contribution in [3.8, 4) is 0 Å². The smallest absolute Gasteiger partial charge is 0.170 e. The van der Waals surface area contributed by atoms with Crippen LogP contribution in [0.1, 0.15) is 71.6 Å². The van der Waals surface area contributed by atoms with Crippen molar-refractivity contribution in [2.75, 3.05) is 0 Å². The number of aryl methyl sites for hydroxylation is 8. The van der Waals surface area contributed by atoms with E-state index in [1.54, 1.807) is 0 Å². The number of carbonyl (C=O) groups is 2. The lowest BCUT2D eigenvalue weighted by atomic mass is 9.88. The predicted molar refractivity (Wildman–Crippen MR) is 149 cm³/mol. The number of hydrogen-bond donors (Lipinski definition) is 0. The first-order valence-corrected chi connectivity index (χ1v) is 13.6. The highest BCUT2D eigenvalue weighted by Crippen LogP contribution is 2.24. The molecule has 2 heteroatoms. The van der Waals surface area contributed by atoms with E-state index in [2.05, 4.69) is 72.8 Å². The maximum Gasteiger partial charge on any atom is 0.170 e. The lowest BCUT2D eigenvalue weighted by Crippen LogP contribution is -2.14. The highest BCUT2D eigenvalue weighted by atomic mass is 16.1. The van der Waals surface area contributed by atoms with E-state index < -0.39 is 0 Å². The quantitative estimate of drug-likeness (QED) is 0.233. The summed E-state index contributed by atoms with van der Waals surface area (Å²) >= 11 is 0. The first kappa shape index (κ1) is 23.6. The Kier molecular flexibility index (Phi) is 6.57. The van der Waals surface area contributed by atoms with Crippen molar-refractivity contribution in [2.24, 2.45) is 0 Å². The summed E-state index contributed by atoms with van der Waals surface area (Å²) in [6.07, 6.45) is 6.98. The molecule has 0 atom stereocenters. The standard InChI is InChI=1S/C35H32O2/c36-34(32-21-28-11-9-24-1-5-26(6-2-24)13-17-30(32)19-15-28)23-35(37)33-22-29-12-10-25-3-7-27(8-4-25)14-18-31(33)20-16-29/h1-8,15-16,19-22H,9-14,17-18,23H2. The van der Waals surface area contributed by atoms with E-state index in [0.29, 0.717) is 0 Å². The Labute approximate surface area is 219 Å². The molecule has 4 aromatic carbocycles. The van der Waals surface area contributed by atoms with Gasteiger partial charge < -0.3 is 0 Å². The molecule has 4 aromatic rings. The van der Waals surface area contributed by atoms with Gasteiger partial charge in [0.05, 0.1) is 6.42 Å². The van der Waals surface area contributed by atoms with Gasteiger partial charge in [0, 0.05) is 11.1 Å². The second-order valence-corrected chi connectivity index (χ2v) is 10.6. The highest BCUT2D eigenvalue weighted by Gasteiger charge is 2.21. The van der Waals surface area contributed by atoms with Crippen molar-refractivity contribution < 1.29 is 9.59 Å². The van der Waals surface area contributed by atoms with E-state index in [1.165, 1.54) is 22.3 Å². The SMILES string of the molecule is O=C(CC(=O)c1cc2ccc1CCc1ccc(cc1)CC2)c1cc2ccc1CCc1ccc(cc1)CC2. The molecule has 0 spiro atoms. The van der Waals surface area contributed by atoms with E-state index >= 15 is 0 Å². The maximum absolute atomic E-state index is 13.6. The molecule has 0 saturated heterocycles. The van der Waals surface area contributed by atoms with Crippen LogP contribution < -0.4 is 0 Å². The third-order valence-electron chi connectivity index (χ3n) is 8.09. The van der Waals surface area contributed by atoms with Gasteiger partial charge in [0.2, 0.25) is 0 Å². The Morgan fingerprint density at radius 2 is 0.703 bits per heavy atom. The first-order chi connectivity index (χ1) is 18.1. The molecule has 8 aliphatic rings. The maximum atomic E-state index is 13.6. The fraction of sp³-hybridized carbons (Fsp3) is 0.257. The Bertz CT molecular complexity index is 1350. The fourth-order valence-corrected chi connectivity index (χ4v) is 5.73. The lowest BCUT2D eigenvalue weighted by molar-refractivity contribution is 0.0893. The van der Waals surface area contributed by atoms with E-state index in [-0.39, 0.29) is 18.0 Å². The van der Waals surface area contributed by atoms with Crippen molar-refractivity contribution in [3.63, 3.8) is 0 Å². The van der Waals surface area contributed by atoms with Crippen molar-refractivity contribution in [1.29, 1.82) is 0 Å². The Morgan fingerprint density at radius 1 is 0.405 bits per heavy atom. The fourth-order valence-electron chi connectivity index (χ4n) is 5.73.